The second-order valence-corrected chi connectivity index (χ2v) is 6.79. The highest BCUT2D eigenvalue weighted by molar-refractivity contribution is 7.10. The molecule has 0 aliphatic rings. The molecule has 0 saturated heterocycles. The Bertz CT molecular complexity index is 595. The van der Waals surface area contributed by atoms with Gasteiger partial charge in [-0.05, 0) is 61.9 Å². The third-order valence-corrected chi connectivity index (χ3v) is 4.88. The highest BCUT2D eigenvalue weighted by atomic mass is 32.1. The molecule has 2 rings (SSSR count). The van der Waals surface area contributed by atoms with Crippen molar-refractivity contribution in [3.8, 4) is 5.75 Å². The predicted octanol–water partition coefficient (Wildman–Crippen LogP) is 3.76. The van der Waals surface area contributed by atoms with E-state index in [1.807, 2.05) is 19.1 Å². The second-order valence-electron chi connectivity index (χ2n) is 5.82. The van der Waals surface area contributed by atoms with Crippen molar-refractivity contribution in [1.82, 2.24) is 5.32 Å². The molecule has 2 unspecified atom stereocenters. The molecule has 0 spiro atoms. The topological polar surface area (TPSA) is 41.5 Å². The Kier molecular flexibility index (Phi) is 6.00. The van der Waals surface area contributed by atoms with Crippen molar-refractivity contribution < 1.29 is 9.84 Å². The van der Waals surface area contributed by atoms with Crippen LogP contribution in [0.15, 0.2) is 29.6 Å². The molecule has 0 fully saturated rings. The zero-order chi connectivity index (χ0) is 16.1. The van der Waals surface area contributed by atoms with Crippen molar-refractivity contribution in [3.05, 3.63) is 51.2 Å². The van der Waals surface area contributed by atoms with Gasteiger partial charge in [0.2, 0.25) is 0 Å². The summed E-state index contributed by atoms with van der Waals surface area (Å²) in [5.74, 6) is 0.864. The summed E-state index contributed by atoms with van der Waals surface area (Å²) in [5, 5.41) is 15.5. The first-order valence-corrected chi connectivity index (χ1v) is 8.51. The van der Waals surface area contributed by atoms with Gasteiger partial charge < -0.3 is 15.2 Å². The van der Waals surface area contributed by atoms with E-state index in [9.17, 15) is 5.11 Å². The molecule has 0 amide bonds. The van der Waals surface area contributed by atoms with Crippen LogP contribution in [0.4, 0.5) is 0 Å². The van der Waals surface area contributed by atoms with Gasteiger partial charge in [-0.25, -0.2) is 0 Å². The number of nitrogens with one attached hydrogen (secondary N) is 1. The van der Waals surface area contributed by atoms with Gasteiger partial charge >= 0.3 is 0 Å². The molecule has 2 N–H and O–H groups in total. The summed E-state index contributed by atoms with van der Waals surface area (Å²) in [7, 11) is 0. The number of hydrogen-bond acceptors (Lipinski definition) is 4. The van der Waals surface area contributed by atoms with Gasteiger partial charge in [-0.2, -0.15) is 0 Å². The fourth-order valence-electron chi connectivity index (χ4n) is 2.35. The standard InChI is InChI=1S/C18H25NO2S/c1-12-8-13(2)14(3)17(9-12)21-11-16(20)10-19-15(4)18-6-5-7-22-18/h5-9,15-16,19-20H,10-11H2,1-4H3. The lowest BCUT2D eigenvalue weighted by Crippen LogP contribution is -2.32. The van der Waals surface area contributed by atoms with E-state index in [-0.39, 0.29) is 6.04 Å². The number of aliphatic hydroxyl groups excluding tert-OH is 1. The normalized spacial score (nSPS) is 13.9. The van der Waals surface area contributed by atoms with Crippen molar-refractivity contribution in [2.24, 2.45) is 0 Å². The minimum absolute atomic E-state index is 0.248. The number of aliphatic hydroxyl groups is 1. The maximum atomic E-state index is 10.1. The first kappa shape index (κ1) is 17.0. The van der Waals surface area contributed by atoms with Crippen LogP contribution in [0.5, 0.6) is 5.75 Å². The fraction of sp³-hybridized carbons (Fsp3) is 0.444. The molecule has 1 heterocycles. The molecule has 1 aromatic heterocycles. The fourth-order valence-corrected chi connectivity index (χ4v) is 3.11. The molecule has 1 aromatic carbocycles. The van der Waals surface area contributed by atoms with Gasteiger partial charge in [0.25, 0.3) is 0 Å². The Morgan fingerprint density at radius 2 is 2.05 bits per heavy atom. The number of hydrogen-bond donors (Lipinski definition) is 2. The minimum Gasteiger partial charge on any atom is -0.491 e. The lowest BCUT2D eigenvalue weighted by atomic mass is 10.1. The summed E-state index contributed by atoms with van der Waals surface area (Å²) >= 11 is 1.72. The van der Waals surface area contributed by atoms with Crippen molar-refractivity contribution >= 4 is 11.3 Å². The van der Waals surface area contributed by atoms with Crippen LogP contribution >= 0.6 is 11.3 Å². The van der Waals surface area contributed by atoms with E-state index in [0.29, 0.717) is 13.2 Å². The average molecular weight is 319 g/mol. The summed E-state index contributed by atoms with van der Waals surface area (Å²) < 4.78 is 5.80. The second kappa shape index (κ2) is 7.77. The Labute approximate surface area is 137 Å². The van der Waals surface area contributed by atoms with Gasteiger partial charge in [-0.3, -0.25) is 0 Å². The highest BCUT2D eigenvalue weighted by Crippen LogP contribution is 2.23. The molecule has 22 heavy (non-hydrogen) atoms. The first-order chi connectivity index (χ1) is 10.5. The van der Waals surface area contributed by atoms with Crippen LogP contribution in [0, 0.1) is 20.8 Å². The third kappa shape index (κ3) is 4.57. The van der Waals surface area contributed by atoms with Gasteiger partial charge in [0.05, 0.1) is 0 Å². The zero-order valence-corrected chi connectivity index (χ0v) is 14.5. The molecule has 2 aromatic rings. The lowest BCUT2D eigenvalue weighted by molar-refractivity contribution is 0.104. The quantitative estimate of drug-likeness (QED) is 0.816. The molecule has 0 saturated carbocycles. The monoisotopic (exact) mass is 319 g/mol. The molecule has 0 radical (unpaired) electrons. The van der Waals surface area contributed by atoms with Gasteiger partial charge in [0.1, 0.15) is 18.5 Å². The van der Waals surface area contributed by atoms with Crippen LogP contribution in [-0.4, -0.2) is 24.4 Å². The summed E-state index contributed by atoms with van der Waals surface area (Å²) in [6.45, 7) is 9.10. The highest BCUT2D eigenvalue weighted by Gasteiger charge is 2.11. The molecule has 4 heteroatoms. The predicted molar refractivity (Wildman–Crippen MR) is 92.9 cm³/mol. The average Bonchev–Trinajstić information content (AvgIpc) is 3.01. The van der Waals surface area contributed by atoms with Gasteiger partial charge in [0.15, 0.2) is 0 Å². The number of rotatable bonds is 7. The molecule has 0 aliphatic heterocycles. The van der Waals surface area contributed by atoms with Crippen LogP contribution in [0.2, 0.25) is 0 Å². The molecular formula is C18H25NO2S. The Morgan fingerprint density at radius 3 is 2.73 bits per heavy atom. The largest absolute Gasteiger partial charge is 0.491 e. The molecule has 0 aliphatic carbocycles. The Hall–Kier alpha value is -1.36. The van der Waals surface area contributed by atoms with Crippen LogP contribution in [-0.2, 0) is 0 Å². The lowest BCUT2D eigenvalue weighted by Gasteiger charge is -2.18. The van der Waals surface area contributed by atoms with Crippen LogP contribution < -0.4 is 10.1 Å². The maximum Gasteiger partial charge on any atom is 0.122 e. The van der Waals surface area contributed by atoms with Crippen molar-refractivity contribution in [1.29, 1.82) is 0 Å². The van der Waals surface area contributed by atoms with Crippen molar-refractivity contribution in [2.75, 3.05) is 13.2 Å². The van der Waals surface area contributed by atoms with E-state index < -0.39 is 6.10 Å². The van der Waals surface area contributed by atoms with Crippen molar-refractivity contribution in [3.63, 3.8) is 0 Å². The minimum atomic E-state index is -0.525. The summed E-state index contributed by atoms with van der Waals surface area (Å²) in [6, 6.07) is 8.56. The van der Waals surface area contributed by atoms with Crippen molar-refractivity contribution in [2.45, 2.75) is 39.8 Å². The molecule has 2 atom stereocenters. The van der Waals surface area contributed by atoms with Gasteiger partial charge in [-0.15, -0.1) is 11.3 Å². The Balaban J connectivity index is 1.82. The number of ether oxygens (including phenoxy) is 1. The first-order valence-electron chi connectivity index (χ1n) is 7.63. The smallest absolute Gasteiger partial charge is 0.122 e. The van der Waals surface area contributed by atoms with E-state index in [1.165, 1.54) is 16.0 Å². The van der Waals surface area contributed by atoms with E-state index in [4.69, 9.17) is 4.74 Å². The van der Waals surface area contributed by atoms with Crippen LogP contribution in [0.1, 0.15) is 34.5 Å². The third-order valence-electron chi connectivity index (χ3n) is 3.82. The molecule has 0 bridgehead atoms. The van der Waals surface area contributed by atoms with E-state index in [1.54, 1.807) is 11.3 Å². The van der Waals surface area contributed by atoms with E-state index in [2.05, 4.69) is 43.6 Å². The maximum absolute atomic E-state index is 10.1. The van der Waals surface area contributed by atoms with Gasteiger partial charge in [-0.1, -0.05) is 12.1 Å². The van der Waals surface area contributed by atoms with E-state index in [0.717, 1.165) is 11.3 Å². The number of thiophene rings is 1. The number of aryl methyl sites for hydroxylation is 2. The SMILES string of the molecule is Cc1cc(C)c(C)c(OCC(O)CNC(C)c2cccs2)c1. The summed E-state index contributed by atoms with van der Waals surface area (Å²) in [4.78, 5) is 1.28. The molecule has 3 nitrogen and oxygen atoms in total. The summed E-state index contributed by atoms with van der Waals surface area (Å²) in [6.07, 6.45) is -0.525. The van der Waals surface area contributed by atoms with E-state index >= 15 is 0 Å². The van der Waals surface area contributed by atoms with Crippen LogP contribution in [0.25, 0.3) is 0 Å². The molecular weight excluding hydrogens is 294 g/mol. The summed E-state index contributed by atoms with van der Waals surface area (Å²) in [5.41, 5.74) is 3.53. The van der Waals surface area contributed by atoms with Crippen LogP contribution in [0.3, 0.4) is 0 Å². The molecule has 120 valence electrons. The Morgan fingerprint density at radius 1 is 1.27 bits per heavy atom. The zero-order valence-electron chi connectivity index (χ0n) is 13.7. The van der Waals surface area contributed by atoms with Gasteiger partial charge in [0, 0.05) is 17.5 Å². The number of benzene rings is 1.